The summed E-state index contributed by atoms with van der Waals surface area (Å²) in [4.78, 5) is 2.34. The Kier molecular flexibility index (Phi) is 3.55. The van der Waals surface area contributed by atoms with Crippen LogP contribution in [-0.2, 0) is 0 Å². The van der Waals surface area contributed by atoms with Crippen molar-refractivity contribution in [3.8, 4) is 0 Å². The Labute approximate surface area is 109 Å². The van der Waals surface area contributed by atoms with E-state index in [2.05, 4.69) is 37.8 Å². The highest BCUT2D eigenvalue weighted by atomic mass is 35.5. The highest BCUT2D eigenvalue weighted by Gasteiger charge is 2.41. The summed E-state index contributed by atoms with van der Waals surface area (Å²) < 4.78 is 0. The van der Waals surface area contributed by atoms with Gasteiger partial charge in [0.1, 0.15) is 0 Å². The van der Waals surface area contributed by atoms with E-state index in [1.807, 2.05) is 0 Å². The number of piperidine rings is 1. The van der Waals surface area contributed by atoms with Crippen LogP contribution in [0.2, 0.25) is 0 Å². The van der Waals surface area contributed by atoms with Gasteiger partial charge in [-0.05, 0) is 38.7 Å². The van der Waals surface area contributed by atoms with Crippen LogP contribution in [0.15, 0.2) is 22.9 Å². The van der Waals surface area contributed by atoms with E-state index in [1.54, 1.807) is 0 Å². The Hall–Kier alpha value is -0.470. The first-order chi connectivity index (χ1) is 7.95. The van der Waals surface area contributed by atoms with Crippen LogP contribution in [0.25, 0.3) is 0 Å². The molecule has 3 heteroatoms. The summed E-state index contributed by atoms with van der Waals surface area (Å²) in [5.41, 5.74) is 1.43. The smallest absolute Gasteiger partial charge is 0.0606 e. The van der Waals surface area contributed by atoms with Crippen LogP contribution in [0, 0.1) is 11.8 Å². The second kappa shape index (κ2) is 4.66. The minimum absolute atomic E-state index is 0.110. The number of likely N-dealkylation sites (tertiary alicyclic amines) is 1. The van der Waals surface area contributed by atoms with Crippen molar-refractivity contribution < 1.29 is 5.11 Å². The number of aliphatic hydroxyl groups is 1. The van der Waals surface area contributed by atoms with Crippen molar-refractivity contribution in [2.45, 2.75) is 39.2 Å². The minimum Gasteiger partial charge on any atom is -0.395 e. The average Bonchev–Trinajstić information content (AvgIpc) is 2.23. The molecular formula is C14H22ClNO. The fourth-order valence-corrected chi connectivity index (χ4v) is 3.59. The Morgan fingerprint density at radius 1 is 1.53 bits per heavy atom. The molecule has 96 valence electrons. The number of β-amino-alcohol motifs (C(OH)–C–C–N with tert-alkyl or cyclic N) is 1. The van der Waals surface area contributed by atoms with Gasteiger partial charge in [-0.15, -0.1) is 0 Å². The number of hydrogen-bond donors (Lipinski definition) is 1. The Morgan fingerprint density at radius 3 is 2.88 bits per heavy atom. The molecule has 17 heavy (non-hydrogen) atoms. The largest absolute Gasteiger partial charge is 0.395 e. The highest BCUT2D eigenvalue weighted by molar-refractivity contribution is 6.31. The summed E-state index contributed by atoms with van der Waals surface area (Å²) in [6, 6.07) is 0. The first kappa shape index (κ1) is 13.0. The zero-order valence-electron chi connectivity index (χ0n) is 10.9. The second-order valence-electron chi connectivity index (χ2n) is 5.87. The van der Waals surface area contributed by atoms with Gasteiger partial charge in [-0.2, -0.15) is 0 Å². The number of nitrogens with zero attached hydrogens (tertiary/aromatic N) is 1. The van der Waals surface area contributed by atoms with Crippen LogP contribution < -0.4 is 0 Å². The van der Waals surface area contributed by atoms with E-state index in [9.17, 15) is 5.11 Å². The number of rotatable bonds is 2. The SMILES string of the molecule is CC1CC(C)(C)N(CCO)C2=CC(Cl)=CCC21. The molecule has 2 rings (SSSR count). The quantitative estimate of drug-likeness (QED) is 0.820. The maximum absolute atomic E-state index is 9.26. The van der Waals surface area contributed by atoms with Gasteiger partial charge in [0, 0.05) is 28.7 Å². The monoisotopic (exact) mass is 255 g/mol. The summed E-state index contributed by atoms with van der Waals surface area (Å²) in [6.45, 7) is 7.73. The molecule has 2 atom stereocenters. The molecule has 0 spiro atoms. The molecule has 0 radical (unpaired) electrons. The van der Waals surface area contributed by atoms with Gasteiger partial charge in [0.05, 0.1) is 6.61 Å². The number of halogens is 1. The predicted molar refractivity (Wildman–Crippen MR) is 71.8 cm³/mol. The van der Waals surface area contributed by atoms with Gasteiger partial charge >= 0.3 is 0 Å². The molecule has 0 aromatic carbocycles. The summed E-state index contributed by atoms with van der Waals surface area (Å²) >= 11 is 6.14. The number of fused-ring (bicyclic) bond motifs is 1. The van der Waals surface area contributed by atoms with E-state index < -0.39 is 0 Å². The standard InChI is InChI=1S/C14H22ClNO/c1-10-9-14(2,3)16(6-7-17)13-8-11(15)4-5-12(10)13/h4,8,10,12,17H,5-7,9H2,1-3H3. The molecule has 1 fully saturated rings. The Balaban J connectivity index is 2.35. The van der Waals surface area contributed by atoms with Crippen molar-refractivity contribution in [1.29, 1.82) is 0 Å². The lowest BCUT2D eigenvalue weighted by Gasteiger charge is -2.52. The Bertz CT molecular complexity index is 359. The van der Waals surface area contributed by atoms with Crippen LogP contribution in [0.5, 0.6) is 0 Å². The lowest BCUT2D eigenvalue weighted by atomic mass is 9.72. The van der Waals surface area contributed by atoms with Gasteiger partial charge < -0.3 is 10.0 Å². The van der Waals surface area contributed by atoms with E-state index >= 15 is 0 Å². The van der Waals surface area contributed by atoms with Crippen LogP contribution in [-0.4, -0.2) is 28.7 Å². The predicted octanol–water partition coefficient (Wildman–Crippen LogP) is 3.13. The first-order valence-electron chi connectivity index (χ1n) is 6.41. The van der Waals surface area contributed by atoms with E-state index in [0.29, 0.717) is 18.4 Å². The van der Waals surface area contributed by atoms with Gasteiger partial charge in [0.25, 0.3) is 0 Å². The maximum Gasteiger partial charge on any atom is 0.0606 e. The van der Waals surface area contributed by atoms with Crippen LogP contribution in [0.1, 0.15) is 33.6 Å². The van der Waals surface area contributed by atoms with Crippen molar-refractivity contribution in [1.82, 2.24) is 4.90 Å². The molecule has 2 aliphatic rings. The van der Waals surface area contributed by atoms with Gasteiger partial charge in [-0.1, -0.05) is 24.6 Å². The fraction of sp³-hybridized carbons (Fsp3) is 0.714. The molecule has 1 saturated heterocycles. The molecule has 0 bridgehead atoms. The maximum atomic E-state index is 9.26. The lowest BCUT2D eigenvalue weighted by molar-refractivity contribution is 0.0454. The topological polar surface area (TPSA) is 23.5 Å². The molecule has 1 heterocycles. The van der Waals surface area contributed by atoms with Gasteiger partial charge in [-0.3, -0.25) is 0 Å². The van der Waals surface area contributed by atoms with Crippen molar-refractivity contribution in [3.63, 3.8) is 0 Å². The minimum atomic E-state index is 0.110. The summed E-state index contributed by atoms with van der Waals surface area (Å²) in [6.07, 6.45) is 6.40. The third-order valence-corrected chi connectivity index (χ3v) is 4.37. The molecule has 2 nitrogen and oxygen atoms in total. The van der Waals surface area contributed by atoms with E-state index in [1.165, 1.54) is 12.1 Å². The third kappa shape index (κ3) is 2.38. The second-order valence-corrected chi connectivity index (χ2v) is 6.31. The first-order valence-corrected chi connectivity index (χ1v) is 6.79. The van der Waals surface area contributed by atoms with Crippen LogP contribution in [0.4, 0.5) is 0 Å². The molecule has 1 aliphatic carbocycles. The number of allylic oxidation sites excluding steroid dienone is 4. The molecular weight excluding hydrogens is 234 g/mol. The summed E-state index contributed by atoms with van der Waals surface area (Å²) in [5, 5.41) is 10.1. The molecule has 1 aliphatic heterocycles. The number of aliphatic hydroxyl groups excluding tert-OH is 1. The highest BCUT2D eigenvalue weighted by Crippen LogP contribution is 2.45. The summed E-state index contributed by atoms with van der Waals surface area (Å²) in [5.74, 6) is 1.24. The van der Waals surface area contributed by atoms with Crippen molar-refractivity contribution in [2.24, 2.45) is 11.8 Å². The van der Waals surface area contributed by atoms with Crippen molar-refractivity contribution in [3.05, 3.63) is 22.9 Å². The lowest BCUT2D eigenvalue weighted by Crippen LogP contribution is -2.52. The van der Waals surface area contributed by atoms with Gasteiger partial charge in [0.2, 0.25) is 0 Å². The zero-order valence-corrected chi connectivity index (χ0v) is 11.7. The normalized spacial score (nSPS) is 31.7. The van der Waals surface area contributed by atoms with Crippen LogP contribution >= 0.6 is 11.6 Å². The molecule has 2 unspecified atom stereocenters. The van der Waals surface area contributed by atoms with E-state index in [0.717, 1.165) is 11.5 Å². The van der Waals surface area contributed by atoms with Crippen molar-refractivity contribution in [2.75, 3.05) is 13.2 Å². The summed E-state index contributed by atoms with van der Waals surface area (Å²) in [7, 11) is 0. The van der Waals surface area contributed by atoms with Crippen molar-refractivity contribution >= 4 is 11.6 Å². The van der Waals surface area contributed by atoms with Gasteiger partial charge in [0.15, 0.2) is 0 Å². The Morgan fingerprint density at radius 2 is 2.24 bits per heavy atom. The third-order valence-electron chi connectivity index (χ3n) is 4.11. The molecule has 0 aromatic heterocycles. The fourth-order valence-electron chi connectivity index (χ4n) is 3.39. The van der Waals surface area contributed by atoms with E-state index in [-0.39, 0.29) is 12.1 Å². The molecule has 0 amide bonds. The zero-order chi connectivity index (χ0) is 12.6. The number of hydrogen-bond acceptors (Lipinski definition) is 2. The molecule has 0 saturated carbocycles. The van der Waals surface area contributed by atoms with Crippen LogP contribution in [0.3, 0.4) is 0 Å². The molecule has 1 N–H and O–H groups in total. The van der Waals surface area contributed by atoms with E-state index in [4.69, 9.17) is 11.6 Å². The average molecular weight is 256 g/mol. The van der Waals surface area contributed by atoms with Gasteiger partial charge in [-0.25, -0.2) is 0 Å². The molecule has 0 aromatic rings.